The average Bonchev–Trinajstić information content (AvgIpc) is 2.66. The number of hydrogen-bond donors (Lipinski definition) is 2. The highest BCUT2D eigenvalue weighted by atomic mass is 16.3. The normalized spacial score (nSPS) is 10.6. The van der Waals surface area contributed by atoms with E-state index in [1.165, 1.54) is 11.6 Å². The van der Waals surface area contributed by atoms with Gasteiger partial charge in [-0.15, -0.1) is 0 Å². The molecule has 0 radical (unpaired) electrons. The molecule has 1 heterocycles. The molecule has 0 saturated carbocycles. The van der Waals surface area contributed by atoms with Crippen LogP contribution in [0.5, 0.6) is 5.75 Å². The zero-order valence-corrected chi connectivity index (χ0v) is 15.5. The van der Waals surface area contributed by atoms with E-state index in [1.54, 1.807) is 18.2 Å². The van der Waals surface area contributed by atoms with Gasteiger partial charge in [0.15, 0.2) is 5.78 Å². The number of nitrogens with one attached hydrogen (secondary N) is 1. The van der Waals surface area contributed by atoms with Crippen molar-refractivity contribution in [1.82, 2.24) is 9.78 Å². The number of phenolic OH excluding ortho intramolecular Hbond substituents is 1. The van der Waals surface area contributed by atoms with Crippen molar-refractivity contribution < 1.29 is 9.90 Å². The van der Waals surface area contributed by atoms with Crippen LogP contribution in [-0.4, -0.2) is 20.7 Å². The Labute approximate surface area is 157 Å². The maximum absolute atomic E-state index is 12.9. The van der Waals surface area contributed by atoms with Gasteiger partial charge in [0.25, 0.3) is 5.56 Å². The van der Waals surface area contributed by atoms with Gasteiger partial charge < -0.3 is 10.4 Å². The van der Waals surface area contributed by atoms with Gasteiger partial charge in [0, 0.05) is 12.1 Å². The van der Waals surface area contributed by atoms with Crippen LogP contribution in [0.25, 0.3) is 11.3 Å². The fraction of sp³-hybridized carbons (Fsp3) is 0.190. The summed E-state index contributed by atoms with van der Waals surface area (Å²) in [6, 6.07) is 14.3. The number of carbonyl (C=O) groups excluding carboxylic acids is 1. The van der Waals surface area contributed by atoms with Gasteiger partial charge >= 0.3 is 0 Å². The monoisotopic (exact) mass is 363 g/mol. The molecule has 138 valence electrons. The molecule has 0 saturated heterocycles. The molecule has 27 heavy (non-hydrogen) atoms. The molecule has 0 aliphatic carbocycles. The predicted molar refractivity (Wildman–Crippen MR) is 106 cm³/mol. The molecule has 0 bridgehead atoms. The van der Waals surface area contributed by atoms with Gasteiger partial charge in [0.05, 0.1) is 11.3 Å². The summed E-state index contributed by atoms with van der Waals surface area (Å²) in [5.41, 5.74) is 2.34. The maximum Gasteiger partial charge on any atom is 0.291 e. The summed E-state index contributed by atoms with van der Waals surface area (Å²) in [7, 11) is 0. The number of benzene rings is 2. The lowest BCUT2D eigenvalue weighted by atomic mass is 10.0. The smallest absolute Gasteiger partial charge is 0.291 e. The number of nitrogens with zero attached hydrogens (tertiary/aromatic N) is 2. The topological polar surface area (TPSA) is 84.2 Å². The molecular weight excluding hydrogens is 342 g/mol. The van der Waals surface area contributed by atoms with Crippen LogP contribution in [0.2, 0.25) is 0 Å². The van der Waals surface area contributed by atoms with Crippen LogP contribution in [0, 0.1) is 6.92 Å². The summed E-state index contributed by atoms with van der Waals surface area (Å²) in [5, 5.41) is 17.5. The summed E-state index contributed by atoms with van der Waals surface area (Å²) in [6.07, 6.45) is 0. The molecule has 6 nitrogen and oxygen atoms in total. The SMILES string of the molecule is CCn1nc(-c2ccccc2)c(C(C)=O)c(Nc2cc(C)ccc2O)c1=O. The highest BCUT2D eigenvalue weighted by Crippen LogP contribution is 2.31. The van der Waals surface area contributed by atoms with Crippen molar-refractivity contribution in [3.05, 3.63) is 70.0 Å². The number of Topliss-reactive ketones (excluding diaryl/α,β-unsaturated/α-hetero) is 1. The lowest BCUT2D eigenvalue weighted by molar-refractivity contribution is 0.101. The molecule has 0 aliphatic heterocycles. The maximum atomic E-state index is 12.9. The number of aryl methyl sites for hydroxylation is 2. The van der Waals surface area contributed by atoms with Gasteiger partial charge in [0.2, 0.25) is 0 Å². The molecule has 0 fully saturated rings. The first-order valence-electron chi connectivity index (χ1n) is 8.70. The van der Waals surface area contributed by atoms with Crippen LogP contribution in [0.4, 0.5) is 11.4 Å². The zero-order chi connectivity index (χ0) is 19.6. The van der Waals surface area contributed by atoms with E-state index < -0.39 is 5.56 Å². The number of phenols is 1. The van der Waals surface area contributed by atoms with Crippen LogP contribution in [0.15, 0.2) is 53.3 Å². The Morgan fingerprint density at radius 2 is 1.89 bits per heavy atom. The van der Waals surface area contributed by atoms with E-state index in [1.807, 2.05) is 44.2 Å². The van der Waals surface area contributed by atoms with Gasteiger partial charge in [-0.05, 0) is 38.5 Å². The molecule has 1 aromatic heterocycles. The first-order chi connectivity index (χ1) is 12.9. The summed E-state index contributed by atoms with van der Waals surface area (Å²) >= 11 is 0. The second-order valence-electron chi connectivity index (χ2n) is 6.29. The van der Waals surface area contributed by atoms with Crippen molar-refractivity contribution in [2.45, 2.75) is 27.3 Å². The summed E-state index contributed by atoms with van der Waals surface area (Å²) in [6.45, 7) is 5.44. The van der Waals surface area contributed by atoms with Crippen molar-refractivity contribution >= 4 is 17.2 Å². The van der Waals surface area contributed by atoms with Crippen LogP contribution < -0.4 is 10.9 Å². The summed E-state index contributed by atoms with van der Waals surface area (Å²) < 4.78 is 1.31. The molecule has 0 unspecified atom stereocenters. The largest absolute Gasteiger partial charge is 0.506 e. The predicted octanol–water partition coefficient (Wildman–Crippen LogP) is 3.89. The first kappa shape index (κ1) is 18.4. The van der Waals surface area contributed by atoms with E-state index in [0.29, 0.717) is 17.9 Å². The van der Waals surface area contributed by atoms with Crippen LogP contribution in [0.3, 0.4) is 0 Å². The quantitative estimate of drug-likeness (QED) is 0.531. The number of carbonyl (C=O) groups is 1. The molecule has 6 heteroatoms. The third kappa shape index (κ3) is 3.60. The fourth-order valence-electron chi connectivity index (χ4n) is 2.93. The van der Waals surface area contributed by atoms with E-state index in [0.717, 1.165) is 11.1 Å². The minimum absolute atomic E-state index is 0.00405. The van der Waals surface area contributed by atoms with Crippen LogP contribution >= 0.6 is 0 Å². The molecule has 0 spiro atoms. The molecule has 0 amide bonds. The average molecular weight is 363 g/mol. The van der Waals surface area contributed by atoms with Crippen molar-refractivity contribution in [2.75, 3.05) is 5.32 Å². The van der Waals surface area contributed by atoms with Gasteiger partial charge in [0.1, 0.15) is 17.1 Å². The third-order valence-electron chi connectivity index (χ3n) is 4.27. The van der Waals surface area contributed by atoms with E-state index >= 15 is 0 Å². The lowest BCUT2D eigenvalue weighted by Gasteiger charge is -2.17. The van der Waals surface area contributed by atoms with Crippen molar-refractivity contribution in [3.63, 3.8) is 0 Å². The van der Waals surface area contributed by atoms with E-state index in [-0.39, 0.29) is 22.8 Å². The highest BCUT2D eigenvalue weighted by Gasteiger charge is 2.22. The Hall–Kier alpha value is -3.41. The standard InChI is InChI=1S/C21H21N3O3/c1-4-24-21(27)20(22-16-12-13(2)10-11-17(16)26)18(14(3)25)19(23-24)15-8-6-5-7-9-15/h5-12,22,26H,4H2,1-3H3. The Balaban J connectivity index is 2.30. The summed E-state index contributed by atoms with van der Waals surface area (Å²) in [4.78, 5) is 25.4. The second kappa shape index (κ2) is 7.45. The Kier molecular flexibility index (Phi) is 5.07. The van der Waals surface area contributed by atoms with Crippen LogP contribution in [0.1, 0.15) is 29.8 Å². The van der Waals surface area contributed by atoms with E-state index in [2.05, 4.69) is 10.4 Å². The molecular formula is C21H21N3O3. The summed E-state index contributed by atoms with van der Waals surface area (Å²) in [5.74, 6) is -0.285. The molecule has 3 rings (SSSR count). The van der Waals surface area contributed by atoms with Crippen LogP contribution in [-0.2, 0) is 6.54 Å². The number of aromatic hydroxyl groups is 1. The van der Waals surface area contributed by atoms with E-state index in [4.69, 9.17) is 0 Å². The molecule has 0 atom stereocenters. The van der Waals surface area contributed by atoms with Gasteiger partial charge in [-0.1, -0.05) is 36.4 Å². The van der Waals surface area contributed by atoms with Gasteiger partial charge in [-0.3, -0.25) is 9.59 Å². The van der Waals surface area contributed by atoms with Gasteiger partial charge in [-0.25, -0.2) is 4.68 Å². The number of hydrogen-bond acceptors (Lipinski definition) is 5. The molecule has 2 N–H and O–H groups in total. The lowest BCUT2D eigenvalue weighted by Crippen LogP contribution is -2.28. The molecule has 2 aromatic carbocycles. The Morgan fingerprint density at radius 1 is 1.19 bits per heavy atom. The second-order valence-corrected chi connectivity index (χ2v) is 6.29. The Morgan fingerprint density at radius 3 is 2.52 bits per heavy atom. The zero-order valence-electron chi connectivity index (χ0n) is 15.5. The number of rotatable bonds is 5. The Bertz CT molecular complexity index is 1060. The molecule has 0 aliphatic rings. The number of anilines is 2. The van der Waals surface area contributed by atoms with E-state index in [9.17, 15) is 14.7 Å². The van der Waals surface area contributed by atoms with Gasteiger partial charge in [-0.2, -0.15) is 5.10 Å². The minimum atomic E-state index is -0.414. The van der Waals surface area contributed by atoms with Crippen molar-refractivity contribution in [3.8, 4) is 17.0 Å². The fourth-order valence-corrected chi connectivity index (χ4v) is 2.93. The highest BCUT2D eigenvalue weighted by molar-refractivity contribution is 6.05. The minimum Gasteiger partial charge on any atom is -0.506 e. The van der Waals surface area contributed by atoms with Crippen molar-refractivity contribution in [2.24, 2.45) is 0 Å². The number of aromatic nitrogens is 2. The first-order valence-corrected chi connectivity index (χ1v) is 8.70. The molecule has 3 aromatic rings. The van der Waals surface area contributed by atoms with Crippen molar-refractivity contribution in [1.29, 1.82) is 0 Å². The number of ketones is 1. The third-order valence-corrected chi connectivity index (χ3v) is 4.27.